The molecule has 2 N–H and O–H groups in total. The highest BCUT2D eigenvalue weighted by Crippen LogP contribution is 2.28. The molecule has 0 saturated heterocycles. The Morgan fingerprint density at radius 1 is 1.00 bits per heavy atom. The topological polar surface area (TPSA) is 26.0 Å². The summed E-state index contributed by atoms with van der Waals surface area (Å²) in [5, 5.41) is 2.63. The van der Waals surface area contributed by atoms with E-state index in [1.165, 1.54) is 21.9 Å². The minimum Gasteiger partial charge on any atom is -0.324 e. The fourth-order valence-corrected chi connectivity index (χ4v) is 2.43. The van der Waals surface area contributed by atoms with E-state index in [2.05, 4.69) is 57.2 Å². The fraction of sp³-hybridized carbons (Fsp3) is 0.375. The molecule has 2 rings (SSSR count). The normalized spacial score (nSPS) is 12.5. The molecule has 0 heterocycles. The zero-order valence-electron chi connectivity index (χ0n) is 11.3. The second-order valence-corrected chi connectivity index (χ2v) is 5.25. The summed E-state index contributed by atoms with van der Waals surface area (Å²) < 4.78 is 0. The summed E-state index contributed by atoms with van der Waals surface area (Å²) in [4.78, 5) is 0. The van der Waals surface area contributed by atoms with Crippen LogP contribution in [0.3, 0.4) is 0 Å². The van der Waals surface area contributed by atoms with Crippen molar-refractivity contribution in [3.05, 3.63) is 47.5 Å². The molecule has 98 valence electrons. The quantitative estimate of drug-likeness (QED) is 0.859. The first kappa shape index (κ1) is 15.0. The Hall–Kier alpha value is -1.05. The van der Waals surface area contributed by atoms with Gasteiger partial charge in [0.25, 0.3) is 0 Å². The van der Waals surface area contributed by atoms with Gasteiger partial charge in [0.05, 0.1) is 0 Å². The van der Waals surface area contributed by atoms with Crippen molar-refractivity contribution in [1.82, 2.24) is 0 Å². The van der Waals surface area contributed by atoms with E-state index >= 15 is 0 Å². The highest BCUT2D eigenvalue weighted by molar-refractivity contribution is 5.88. The molecule has 0 amide bonds. The Morgan fingerprint density at radius 2 is 1.61 bits per heavy atom. The largest absolute Gasteiger partial charge is 0.324 e. The van der Waals surface area contributed by atoms with E-state index in [4.69, 9.17) is 5.73 Å². The van der Waals surface area contributed by atoms with Crippen molar-refractivity contribution in [1.29, 1.82) is 0 Å². The summed E-state index contributed by atoms with van der Waals surface area (Å²) in [7, 11) is 0. The average molecular weight is 264 g/mol. The van der Waals surface area contributed by atoms with Crippen LogP contribution in [0.4, 0.5) is 0 Å². The summed E-state index contributed by atoms with van der Waals surface area (Å²) in [6.07, 6.45) is 1.03. The van der Waals surface area contributed by atoms with Crippen LogP contribution in [0.5, 0.6) is 0 Å². The molecule has 0 radical (unpaired) electrons. The molecule has 0 aromatic heterocycles. The van der Waals surface area contributed by atoms with Crippen LogP contribution in [-0.2, 0) is 0 Å². The molecule has 0 spiro atoms. The molecule has 2 heteroatoms. The standard InChI is InChI=1S/C16H21N.ClH/c1-11(2)10-16(17)15-9-8-12(3)13-6-4-5-7-14(13)15;/h4-9,11,16H,10,17H2,1-3H3;1H/t16-;/m0./s1. The molecule has 0 aliphatic heterocycles. The van der Waals surface area contributed by atoms with Crippen molar-refractivity contribution in [3.63, 3.8) is 0 Å². The van der Waals surface area contributed by atoms with Crippen molar-refractivity contribution in [2.24, 2.45) is 11.7 Å². The number of fused-ring (bicyclic) bond motifs is 1. The van der Waals surface area contributed by atoms with Crippen LogP contribution < -0.4 is 5.73 Å². The predicted molar refractivity (Wildman–Crippen MR) is 82.3 cm³/mol. The monoisotopic (exact) mass is 263 g/mol. The summed E-state index contributed by atoms with van der Waals surface area (Å²) in [6.45, 7) is 6.59. The number of aryl methyl sites for hydroxylation is 1. The number of benzene rings is 2. The molecular weight excluding hydrogens is 242 g/mol. The van der Waals surface area contributed by atoms with Gasteiger partial charge in [0.2, 0.25) is 0 Å². The van der Waals surface area contributed by atoms with Gasteiger partial charge in [-0.05, 0) is 41.2 Å². The van der Waals surface area contributed by atoms with Crippen molar-refractivity contribution in [3.8, 4) is 0 Å². The first-order valence-corrected chi connectivity index (χ1v) is 6.33. The number of nitrogens with two attached hydrogens (primary N) is 1. The van der Waals surface area contributed by atoms with Gasteiger partial charge in [-0.1, -0.05) is 50.2 Å². The smallest absolute Gasteiger partial charge is 0.0303 e. The number of hydrogen-bond donors (Lipinski definition) is 1. The van der Waals surface area contributed by atoms with Gasteiger partial charge >= 0.3 is 0 Å². The van der Waals surface area contributed by atoms with Crippen molar-refractivity contribution in [2.45, 2.75) is 33.2 Å². The van der Waals surface area contributed by atoms with Gasteiger partial charge in [0.15, 0.2) is 0 Å². The van der Waals surface area contributed by atoms with Gasteiger partial charge in [0.1, 0.15) is 0 Å². The molecule has 2 aromatic carbocycles. The molecule has 0 fully saturated rings. The first-order chi connectivity index (χ1) is 8.09. The van der Waals surface area contributed by atoms with Gasteiger partial charge in [-0.15, -0.1) is 12.4 Å². The van der Waals surface area contributed by atoms with E-state index in [0.717, 1.165) is 6.42 Å². The lowest BCUT2D eigenvalue weighted by Gasteiger charge is -2.17. The maximum absolute atomic E-state index is 6.31. The summed E-state index contributed by atoms with van der Waals surface area (Å²) in [5.41, 5.74) is 8.91. The third kappa shape index (κ3) is 3.04. The lowest BCUT2D eigenvalue weighted by Crippen LogP contribution is -2.13. The summed E-state index contributed by atoms with van der Waals surface area (Å²) in [6, 6.07) is 13.0. The molecule has 1 nitrogen and oxygen atoms in total. The fourth-order valence-electron chi connectivity index (χ4n) is 2.43. The molecule has 0 saturated carbocycles. The average Bonchev–Trinajstić information content (AvgIpc) is 2.29. The highest BCUT2D eigenvalue weighted by Gasteiger charge is 2.12. The Morgan fingerprint density at radius 3 is 2.22 bits per heavy atom. The van der Waals surface area contributed by atoms with Crippen LogP contribution in [0.2, 0.25) is 0 Å². The van der Waals surface area contributed by atoms with E-state index in [9.17, 15) is 0 Å². The van der Waals surface area contributed by atoms with Gasteiger partial charge in [0, 0.05) is 6.04 Å². The number of rotatable bonds is 3. The number of hydrogen-bond acceptors (Lipinski definition) is 1. The lowest BCUT2D eigenvalue weighted by atomic mass is 9.92. The van der Waals surface area contributed by atoms with E-state index in [0.29, 0.717) is 5.92 Å². The van der Waals surface area contributed by atoms with Crippen molar-refractivity contribution >= 4 is 23.2 Å². The maximum atomic E-state index is 6.31. The minimum absolute atomic E-state index is 0. The van der Waals surface area contributed by atoms with E-state index in [1.54, 1.807) is 0 Å². The van der Waals surface area contributed by atoms with Crippen LogP contribution in [0, 0.1) is 12.8 Å². The van der Waals surface area contributed by atoms with Crippen molar-refractivity contribution < 1.29 is 0 Å². The zero-order valence-corrected chi connectivity index (χ0v) is 12.1. The molecule has 1 atom stereocenters. The predicted octanol–water partition coefficient (Wildman–Crippen LogP) is 4.62. The van der Waals surface area contributed by atoms with Crippen LogP contribution in [0.25, 0.3) is 10.8 Å². The Kier molecular flexibility index (Phi) is 5.18. The summed E-state index contributed by atoms with van der Waals surface area (Å²) >= 11 is 0. The van der Waals surface area contributed by atoms with Gasteiger partial charge in [-0.2, -0.15) is 0 Å². The van der Waals surface area contributed by atoms with E-state index < -0.39 is 0 Å². The molecule has 0 unspecified atom stereocenters. The third-order valence-electron chi connectivity index (χ3n) is 3.30. The van der Waals surface area contributed by atoms with Crippen LogP contribution in [0.15, 0.2) is 36.4 Å². The minimum atomic E-state index is 0. The van der Waals surface area contributed by atoms with Crippen LogP contribution in [0.1, 0.15) is 37.4 Å². The lowest BCUT2D eigenvalue weighted by molar-refractivity contribution is 0.512. The second kappa shape index (κ2) is 6.21. The molecule has 0 aliphatic rings. The molecule has 0 aliphatic carbocycles. The first-order valence-electron chi connectivity index (χ1n) is 6.33. The Bertz CT molecular complexity index is 519. The Balaban J connectivity index is 0.00000162. The third-order valence-corrected chi connectivity index (χ3v) is 3.30. The Labute approximate surface area is 116 Å². The SMILES string of the molecule is Cc1ccc([C@@H](N)CC(C)C)c2ccccc12.Cl. The van der Waals surface area contributed by atoms with E-state index in [-0.39, 0.29) is 18.4 Å². The molecule has 18 heavy (non-hydrogen) atoms. The number of halogens is 1. The second-order valence-electron chi connectivity index (χ2n) is 5.25. The maximum Gasteiger partial charge on any atom is 0.0303 e. The van der Waals surface area contributed by atoms with Crippen LogP contribution in [-0.4, -0.2) is 0 Å². The molecule has 0 bridgehead atoms. The molecule has 2 aromatic rings. The van der Waals surface area contributed by atoms with E-state index in [1.807, 2.05) is 0 Å². The zero-order chi connectivity index (χ0) is 12.4. The van der Waals surface area contributed by atoms with Crippen molar-refractivity contribution in [2.75, 3.05) is 0 Å². The van der Waals surface area contributed by atoms with Gasteiger partial charge < -0.3 is 5.73 Å². The highest BCUT2D eigenvalue weighted by atomic mass is 35.5. The van der Waals surface area contributed by atoms with Gasteiger partial charge in [-0.25, -0.2) is 0 Å². The summed E-state index contributed by atoms with van der Waals surface area (Å²) in [5.74, 6) is 0.630. The van der Waals surface area contributed by atoms with Crippen LogP contribution >= 0.6 is 12.4 Å². The molecular formula is C16H22ClN. The van der Waals surface area contributed by atoms with Gasteiger partial charge in [-0.3, -0.25) is 0 Å².